The quantitative estimate of drug-likeness (QED) is 0.711. The van der Waals surface area contributed by atoms with Crippen LogP contribution in [0.4, 0.5) is 5.69 Å². The number of hydrogen-bond acceptors (Lipinski definition) is 1. The Kier molecular flexibility index (Phi) is 5.19. The van der Waals surface area contributed by atoms with Gasteiger partial charge in [0.15, 0.2) is 0 Å². The Labute approximate surface area is 130 Å². The lowest BCUT2D eigenvalue weighted by molar-refractivity contribution is 0.212. The third kappa shape index (κ3) is 3.88. The van der Waals surface area contributed by atoms with Gasteiger partial charge in [0.2, 0.25) is 0 Å². The molecule has 3 heteroatoms. The molecule has 1 fully saturated rings. The third-order valence-corrected chi connectivity index (χ3v) is 5.10. The summed E-state index contributed by atoms with van der Waals surface area (Å²) in [6.45, 7) is 7.02. The molecule has 0 aromatic heterocycles. The van der Waals surface area contributed by atoms with Crippen molar-refractivity contribution in [2.75, 3.05) is 5.32 Å². The van der Waals surface area contributed by atoms with Crippen LogP contribution >= 0.6 is 27.5 Å². The van der Waals surface area contributed by atoms with Crippen molar-refractivity contribution in [3.05, 3.63) is 27.7 Å². The number of benzene rings is 1. The summed E-state index contributed by atoms with van der Waals surface area (Å²) in [4.78, 5) is 0. The normalized spacial score (nSPS) is 27.6. The molecule has 0 bridgehead atoms. The molecule has 3 atom stereocenters. The molecule has 0 aliphatic heterocycles. The van der Waals surface area contributed by atoms with Crippen molar-refractivity contribution in [1.29, 1.82) is 0 Å². The molecular formula is C16H23BrClN. The van der Waals surface area contributed by atoms with Gasteiger partial charge in [-0.25, -0.2) is 0 Å². The van der Waals surface area contributed by atoms with Crippen molar-refractivity contribution < 1.29 is 0 Å². The van der Waals surface area contributed by atoms with Crippen LogP contribution in [-0.2, 0) is 0 Å². The zero-order valence-corrected chi connectivity index (χ0v) is 14.3. The highest BCUT2D eigenvalue weighted by atomic mass is 79.9. The fraction of sp³-hybridized carbons (Fsp3) is 0.625. The summed E-state index contributed by atoms with van der Waals surface area (Å²) in [6, 6.07) is 6.62. The fourth-order valence-corrected chi connectivity index (χ4v) is 3.90. The maximum absolute atomic E-state index is 6.32. The highest BCUT2D eigenvalue weighted by molar-refractivity contribution is 9.10. The number of anilines is 1. The van der Waals surface area contributed by atoms with E-state index < -0.39 is 0 Å². The standard InChI is InChI=1S/C16H23BrClN/c1-10(2)13-6-4-11(3)8-16(13)19-15-7-5-12(17)9-14(15)18/h5,7,9-11,13,16,19H,4,6,8H2,1-3H3. The summed E-state index contributed by atoms with van der Waals surface area (Å²) in [5.74, 6) is 2.27. The highest BCUT2D eigenvalue weighted by Crippen LogP contribution is 2.36. The van der Waals surface area contributed by atoms with Gasteiger partial charge in [-0.2, -0.15) is 0 Å². The van der Waals surface area contributed by atoms with E-state index in [9.17, 15) is 0 Å². The molecule has 0 radical (unpaired) electrons. The molecule has 1 aliphatic rings. The molecule has 0 spiro atoms. The molecule has 1 N–H and O–H groups in total. The largest absolute Gasteiger partial charge is 0.381 e. The van der Waals surface area contributed by atoms with Crippen LogP contribution in [0.3, 0.4) is 0 Å². The first-order valence-electron chi connectivity index (χ1n) is 7.19. The first-order valence-corrected chi connectivity index (χ1v) is 8.36. The number of rotatable bonds is 3. The van der Waals surface area contributed by atoms with Gasteiger partial charge in [-0.15, -0.1) is 0 Å². The Morgan fingerprint density at radius 1 is 1.32 bits per heavy atom. The number of halogens is 2. The van der Waals surface area contributed by atoms with E-state index in [-0.39, 0.29) is 0 Å². The van der Waals surface area contributed by atoms with Crippen LogP contribution in [0.25, 0.3) is 0 Å². The van der Waals surface area contributed by atoms with Crippen LogP contribution in [0.1, 0.15) is 40.0 Å². The lowest BCUT2D eigenvalue weighted by Gasteiger charge is -2.38. The van der Waals surface area contributed by atoms with Gasteiger partial charge in [0.05, 0.1) is 10.7 Å². The molecule has 0 amide bonds. The lowest BCUT2D eigenvalue weighted by Crippen LogP contribution is -2.37. The second-order valence-electron chi connectivity index (χ2n) is 6.20. The lowest BCUT2D eigenvalue weighted by atomic mass is 9.74. The minimum Gasteiger partial charge on any atom is -0.381 e. The van der Waals surface area contributed by atoms with E-state index in [1.807, 2.05) is 12.1 Å². The van der Waals surface area contributed by atoms with Crippen molar-refractivity contribution in [2.45, 2.75) is 46.1 Å². The van der Waals surface area contributed by atoms with Crippen LogP contribution in [0, 0.1) is 17.8 Å². The maximum Gasteiger partial charge on any atom is 0.0648 e. The summed E-state index contributed by atoms with van der Waals surface area (Å²) < 4.78 is 1.03. The van der Waals surface area contributed by atoms with E-state index in [1.165, 1.54) is 19.3 Å². The second-order valence-corrected chi connectivity index (χ2v) is 7.52. The molecular weight excluding hydrogens is 322 g/mol. The van der Waals surface area contributed by atoms with Gasteiger partial charge in [0, 0.05) is 10.5 Å². The maximum atomic E-state index is 6.32. The molecule has 106 valence electrons. The van der Waals surface area contributed by atoms with Gasteiger partial charge in [0.1, 0.15) is 0 Å². The summed E-state index contributed by atoms with van der Waals surface area (Å²) in [5.41, 5.74) is 1.06. The monoisotopic (exact) mass is 343 g/mol. The Hall–Kier alpha value is -0.210. The smallest absolute Gasteiger partial charge is 0.0648 e. The molecule has 2 rings (SSSR count). The molecule has 1 saturated carbocycles. The zero-order valence-electron chi connectivity index (χ0n) is 11.9. The van der Waals surface area contributed by atoms with Crippen LogP contribution in [0.5, 0.6) is 0 Å². The first kappa shape index (κ1) is 15.2. The Bertz CT molecular complexity index is 433. The van der Waals surface area contributed by atoms with Gasteiger partial charge >= 0.3 is 0 Å². The van der Waals surface area contributed by atoms with Crippen LogP contribution in [0.2, 0.25) is 5.02 Å². The molecule has 0 heterocycles. The Morgan fingerprint density at radius 3 is 2.68 bits per heavy atom. The topological polar surface area (TPSA) is 12.0 Å². The molecule has 1 aromatic carbocycles. The average molecular weight is 345 g/mol. The predicted molar refractivity (Wildman–Crippen MR) is 87.9 cm³/mol. The summed E-state index contributed by atoms with van der Waals surface area (Å²) >= 11 is 9.77. The fourth-order valence-electron chi connectivity index (χ4n) is 3.17. The summed E-state index contributed by atoms with van der Waals surface area (Å²) in [7, 11) is 0. The Morgan fingerprint density at radius 2 is 2.05 bits per heavy atom. The summed E-state index contributed by atoms with van der Waals surface area (Å²) in [6.07, 6.45) is 3.93. The van der Waals surface area contributed by atoms with Crippen molar-refractivity contribution in [3.63, 3.8) is 0 Å². The van der Waals surface area contributed by atoms with E-state index in [1.54, 1.807) is 0 Å². The molecule has 0 saturated heterocycles. The third-order valence-electron chi connectivity index (χ3n) is 4.29. The SMILES string of the molecule is CC1CCC(C(C)C)C(Nc2ccc(Br)cc2Cl)C1. The average Bonchev–Trinajstić information content (AvgIpc) is 2.32. The Balaban J connectivity index is 2.14. The van der Waals surface area contributed by atoms with Crippen molar-refractivity contribution in [1.82, 2.24) is 0 Å². The minimum absolute atomic E-state index is 0.544. The minimum atomic E-state index is 0.544. The van der Waals surface area contributed by atoms with Crippen LogP contribution in [-0.4, -0.2) is 6.04 Å². The van der Waals surface area contributed by atoms with E-state index in [0.29, 0.717) is 6.04 Å². The molecule has 1 nitrogen and oxygen atoms in total. The van der Waals surface area contributed by atoms with Gasteiger partial charge in [0.25, 0.3) is 0 Å². The van der Waals surface area contributed by atoms with Crippen LogP contribution < -0.4 is 5.32 Å². The van der Waals surface area contributed by atoms with Gasteiger partial charge < -0.3 is 5.32 Å². The van der Waals surface area contributed by atoms with E-state index in [2.05, 4.69) is 48.1 Å². The molecule has 1 aliphatic carbocycles. The van der Waals surface area contributed by atoms with Gasteiger partial charge in [-0.3, -0.25) is 0 Å². The van der Waals surface area contributed by atoms with Gasteiger partial charge in [-0.05, 0) is 48.8 Å². The van der Waals surface area contributed by atoms with Crippen molar-refractivity contribution in [2.24, 2.45) is 17.8 Å². The zero-order chi connectivity index (χ0) is 14.0. The van der Waals surface area contributed by atoms with E-state index in [0.717, 1.165) is 32.9 Å². The summed E-state index contributed by atoms with van der Waals surface area (Å²) in [5, 5.41) is 4.49. The van der Waals surface area contributed by atoms with Crippen molar-refractivity contribution in [3.8, 4) is 0 Å². The number of nitrogens with one attached hydrogen (secondary N) is 1. The predicted octanol–water partition coefficient (Wildman–Crippen LogP) is 5.98. The molecule has 1 aromatic rings. The van der Waals surface area contributed by atoms with E-state index >= 15 is 0 Å². The number of hydrogen-bond donors (Lipinski definition) is 1. The van der Waals surface area contributed by atoms with Crippen LogP contribution in [0.15, 0.2) is 22.7 Å². The van der Waals surface area contributed by atoms with Crippen molar-refractivity contribution >= 4 is 33.2 Å². The highest BCUT2D eigenvalue weighted by Gasteiger charge is 2.30. The molecule has 19 heavy (non-hydrogen) atoms. The van der Waals surface area contributed by atoms with E-state index in [4.69, 9.17) is 11.6 Å². The second kappa shape index (κ2) is 6.49. The first-order chi connectivity index (χ1) is 8.97. The molecule has 3 unspecified atom stereocenters. The van der Waals surface area contributed by atoms with Gasteiger partial charge in [-0.1, -0.05) is 54.7 Å².